The molecule has 1 atom stereocenters. The molecule has 5 nitrogen and oxygen atoms in total. The number of anilines is 2. The molecule has 2 heterocycles. The van der Waals surface area contributed by atoms with Gasteiger partial charge >= 0.3 is 0 Å². The van der Waals surface area contributed by atoms with Gasteiger partial charge in [-0.1, -0.05) is 6.92 Å². The topological polar surface area (TPSA) is 62.7 Å². The monoisotopic (exact) mass is 271 g/mol. The fourth-order valence-electron chi connectivity index (χ4n) is 1.77. The SMILES string of the molecule is CCNc1cc(-c2cccnc2)nc(N[C@H](C)CC)n1. The van der Waals surface area contributed by atoms with Crippen LogP contribution in [0.15, 0.2) is 30.6 Å². The van der Waals surface area contributed by atoms with Crippen molar-refractivity contribution in [3.8, 4) is 11.3 Å². The number of rotatable bonds is 6. The van der Waals surface area contributed by atoms with Gasteiger partial charge in [0.1, 0.15) is 5.82 Å². The molecule has 0 spiro atoms. The summed E-state index contributed by atoms with van der Waals surface area (Å²) in [4.78, 5) is 13.2. The predicted octanol–water partition coefficient (Wildman–Crippen LogP) is 3.18. The summed E-state index contributed by atoms with van der Waals surface area (Å²) in [5.41, 5.74) is 1.86. The Kier molecular flexibility index (Phi) is 4.87. The minimum Gasteiger partial charge on any atom is -0.370 e. The van der Waals surface area contributed by atoms with Crippen LogP contribution in [0, 0.1) is 0 Å². The molecule has 0 aromatic carbocycles. The van der Waals surface area contributed by atoms with Crippen molar-refractivity contribution in [2.45, 2.75) is 33.2 Å². The van der Waals surface area contributed by atoms with Crippen LogP contribution in [-0.4, -0.2) is 27.5 Å². The zero-order valence-corrected chi connectivity index (χ0v) is 12.2. The number of hydrogen-bond acceptors (Lipinski definition) is 5. The average Bonchev–Trinajstić information content (AvgIpc) is 2.48. The maximum Gasteiger partial charge on any atom is 0.225 e. The first-order chi connectivity index (χ1) is 9.72. The molecule has 0 saturated carbocycles. The molecule has 0 radical (unpaired) electrons. The van der Waals surface area contributed by atoms with E-state index in [1.54, 1.807) is 6.20 Å². The summed E-state index contributed by atoms with van der Waals surface area (Å²) in [6.07, 6.45) is 4.59. The van der Waals surface area contributed by atoms with E-state index in [0.29, 0.717) is 12.0 Å². The summed E-state index contributed by atoms with van der Waals surface area (Å²) >= 11 is 0. The van der Waals surface area contributed by atoms with Crippen molar-refractivity contribution < 1.29 is 0 Å². The van der Waals surface area contributed by atoms with Crippen LogP contribution >= 0.6 is 0 Å². The van der Waals surface area contributed by atoms with Crippen LogP contribution in [0.2, 0.25) is 0 Å². The van der Waals surface area contributed by atoms with Crippen molar-refractivity contribution in [1.82, 2.24) is 15.0 Å². The van der Waals surface area contributed by atoms with Gasteiger partial charge in [-0.15, -0.1) is 0 Å². The van der Waals surface area contributed by atoms with Crippen LogP contribution in [0.5, 0.6) is 0 Å². The third kappa shape index (κ3) is 3.66. The van der Waals surface area contributed by atoms with Crippen molar-refractivity contribution in [3.05, 3.63) is 30.6 Å². The molecule has 2 N–H and O–H groups in total. The number of hydrogen-bond donors (Lipinski definition) is 2. The summed E-state index contributed by atoms with van der Waals surface area (Å²) in [6.45, 7) is 7.13. The zero-order chi connectivity index (χ0) is 14.4. The van der Waals surface area contributed by atoms with Gasteiger partial charge in [0.25, 0.3) is 0 Å². The molecule has 2 aromatic rings. The summed E-state index contributed by atoms with van der Waals surface area (Å²) in [5.74, 6) is 1.48. The Hall–Kier alpha value is -2.17. The second-order valence-electron chi connectivity index (χ2n) is 4.69. The van der Waals surface area contributed by atoms with E-state index in [1.807, 2.05) is 31.3 Å². The van der Waals surface area contributed by atoms with Crippen molar-refractivity contribution in [3.63, 3.8) is 0 Å². The third-order valence-corrected chi connectivity index (χ3v) is 3.03. The van der Waals surface area contributed by atoms with E-state index < -0.39 is 0 Å². The largest absolute Gasteiger partial charge is 0.370 e. The van der Waals surface area contributed by atoms with E-state index in [2.05, 4.69) is 39.4 Å². The Balaban J connectivity index is 2.35. The van der Waals surface area contributed by atoms with Crippen LogP contribution in [0.4, 0.5) is 11.8 Å². The maximum atomic E-state index is 4.57. The summed E-state index contributed by atoms with van der Waals surface area (Å²) in [5, 5.41) is 6.56. The van der Waals surface area contributed by atoms with Crippen LogP contribution in [-0.2, 0) is 0 Å². The molecule has 2 rings (SSSR count). The molecule has 0 aliphatic carbocycles. The van der Waals surface area contributed by atoms with E-state index in [9.17, 15) is 0 Å². The van der Waals surface area contributed by atoms with Gasteiger partial charge in [0.05, 0.1) is 5.69 Å². The average molecular weight is 271 g/mol. The second-order valence-corrected chi connectivity index (χ2v) is 4.69. The standard InChI is InChI=1S/C15H21N5/c1-4-11(3)18-15-19-13(9-14(20-15)17-5-2)12-7-6-8-16-10-12/h6-11H,4-5H2,1-3H3,(H2,17,18,19,20)/t11-/m1/s1. The minimum absolute atomic E-state index is 0.341. The lowest BCUT2D eigenvalue weighted by Gasteiger charge is -2.14. The normalized spacial score (nSPS) is 11.9. The van der Waals surface area contributed by atoms with Crippen molar-refractivity contribution in [1.29, 1.82) is 0 Å². The van der Waals surface area contributed by atoms with E-state index in [1.165, 1.54) is 0 Å². The van der Waals surface area contributed by atoms with Crippen molar-refractivity contribution in [2.24, 2.45) is 0 Å². The van der Waals surface area contributed by atoms with E-state index in [4.69, 9.17) is 0 Å². The fourth-order valence-corrected chi connectivity index (χ4v) is 1.77. The Morgan fingerprint density at radius 1 is 1.25 bits per heavy atom. The maximum absolute atomic E-state index is 4.57. The number of aromatic nitrogens is 3. The van der Waals surface area contributed by atoms with Gasteiger partial charge in [-0.05, 0) is 32.4 Å². The smallest absolute Gasteiger partial charge is 0.225 e. The quantitative estimate of drug-likeness (QED) is 0.845. The van der Waals surface area contributed by atoms with Gasteiger partial charge in [0.2, 0.25) is 5.95 Å². The summed E-state index contributed by atoms with van der Waals surface area (Å²) in [7, 11) is 0. The van der Waals surface area contributed by atoms with Gasteiger partial charge in [-0.3, -0.25) is 4.98 Å². The molecule has 0 aliphatic heterocycles. The first-order valence-corrected chi connectivity index (χ1v) is 7.02. The first kappa shape index (κ1) is 14.2. The highest BCUT2D eigenvalue weighted by molar-refractivity contribution is 5.63. The van der Waals surface area contributed by atoms with Gasteiger partial charge in [0.15, 0.2) is 0 Å². The van der Waals surface area contributed by atoms with Crippen LogP contribution in [0.3, 0.4) is 0 Å². The lowest BCUT2D eigenvalue weighted by Crippen LogP contribution is -2.16. The first-order valence-electron chi connectivity index (χ1n) is 7.02. The van der Waals surface area contributed by atoms with E-state index in [-0.39, 0.29) is 0 Å². The Morgan fingerprint density at radius 2 is 2.10 bits per heavy atom. The Bertz CT molecular complexity index is 541. The highest BCUT2D eigenvalue weighted by Gasteiger charge is 2.08. The van der Waals surface area contributed by atoms with Gasteiger partial charge < -0.3 is 10.6 Å². The van der Waals surface area contributed by atoms with E-state index in [0.717, 1.165) is 30.0 Å². The van der Waals surface area contributed by atoms with Crippen LogP contribution < -0.4 is 10.6 Å². The number of pyridine rings is 1. The fraction of sp³-hybridized carbons (Fsp3) is 0.400. The summed E-state index contributed by atoms with van der Waals surface area (Å²) < 4.78 is 0. The molecule has 0 unspecified atom stereocenters. The molecule has 0 amide bonds. The lowest BCUT2D eigenvalue weighted by molar-refractivity contribution is 0.753. The van der Waals surface area contributed by atoms with Gasteiger partial charge in [-0.25, -0.2) is 4.98 Å². The molecule has 0 saturated heterocycles. The molecule has 0 bridgehead atoms. The predicted molar refractivity (Wildman–Crippen MR) is 82.8 cm³/mol. The molecule has 0 fully saturated rings. The highest BCUT2D eigenvalue weighted by atomic mass is 15.2. The zero-order valence-electron chi connectivity index (χ0n) is 12.2. The number of nitrogens with one attached hydrogen (secondary N) is 2. The molecular formula is C15H21N5. The lowest BCUT2D eigenvalue weighted by atomic mass is 10.2. The number of nitrogens with zero attached hydrogens (tertiary/aromatic N) is 3. The molecule has 2 aromatic heterocycles. The van der Waals surface area contributed by atoms with E-state index >= 15 is 0 Å². The molecule has 5 heteroatoms. The summed E-state index contributed by atoms with van der Waals surface area (Å²) in [6, 6.07) is 6.20. The minimum atomic E-state index is 0.341. The van der Waals surface area contributed by atoms with Crippen LogP contribution in [0.25, 0.3) is 11.3 Å². The Morgan fingerprint density at radius 3 is 2.75 bits per heavy atom. The second kappa shape index (κ2) is 6.84. The third-order valence-electron chi connectivity index (χ3n) is 3.03. The molecular weight excluding hydrogens is 250 g/mol. The van der Waals surface area contributed by atoms with Crippen molar-refractivity contribution in [2.75, 3.05) is 17.2 Å². The van der Waals surface area contributed by atoms with Crippen molar-refractivity contribution >= 4 is 11.8 Å². The molecule has 0 aliphatic rings. The molecule has 20 heavy (non-hydrogen) atoms. The molecule has 106 valence electrons. The highest BCUT2D eigenvalue weighted by Crippen LogP contribution is 2.21. The van der Waals surface area contributed by atoms with Gasteiger partial charge in [-0.2, -0.15) is 4.98 Å². The van der Waals surface area contributed by atoms with Gasteiger partial charge in [0, 0.05) is 36.6 Å². The Labute approximate surface area is 119 Å². The van der Waals surface area contributed by atoms with Crippen LogP contribution in [0.1, 0.15) is 27.2 Å².